The molecule has 0 aliphatic heterocycles. The van der Waals surface area contributed by atoms with Gasteiger partial charge in [0.2, 0.25) is 0 Å². The van der Waals surface area contributed by atoms with Gasteiger partial charge in [0.1, 0.15) is 6.04 Å². The molecule has 0 radical (unpaired) electrons. The van der Waals surface area contributed by atoms with Crippen LogP contribution in [0.4, 0.5) is 0 Å². The third-order valence-electron chi connectivity index (χ3n) is 2.03. The molecule has 0 aliphatic rings. The number of aryl methyl sites for hydroxylation is 1. The van der Waals surface area contributed by atoms with E-state index in [-0.39, 0.29) is 17.3 Å². The fourth-order valence-electron chi connectivity index (χ4n) is 1.09. The minimum Gasteiger partial charge on any atom is -0.504 e. The Kier molecular flexibility index (Phi) is 4.03. The number of carbonyl (C=O) groups is 1. The topological polar surface area (TPSA) is 104 Å². The molecule has 0 saturated carbocycles. The number of benzene rings is 1. The molecule has 88 valence electrons. The molecule has 1 aromatic rings. The molecule has 6 heteroatoms. The lowest BCUT2D eigenvalue weighted by Crippen LogP contribution is -2.32. The smallest absolute Gasteiger partial charge is 0.321 e. The van der Waals surface area contributed by atoms with Gasteiger partial charge in [-0.2, -0.15) is 0 Å². The predicted octanol–water partition coefficient (Wildman–Crippen LogP) is 0.910. The first-order valence-electron chi connectivity index (χ1n) is 4.56. The monoisotopic (exact) mass is 243 g/mol. The van der Waals surface area contributed by atoms with Gasteiger partial charge < -0.3 is 21.1 Å². The van der Waals surface area contributed by atoms with Crippen molar-refractivity contribution in [1.82, 2.24) is 0 Å². The molecule has 1 aromatic carbocycles. The molecule has 5 nitrogen and oxygen atoms in total. The highest BCUT2D eigenvalue weighted by atomic mass is 32.2. The molecule has 0 spiro atoms. The lowest BCUT2D eigenvalue weighted by Gasteiger charge is -2.10. The second-order valence-electron chi connectivity index (χ2n) is 3.34. The summed E-state index contributed by atoms with van der Waals surface area (Å²) in [5.41, 5.74) is 6.10. The van der Waals surface area contributed by atoms with Gasteiger partial charge in [0.25, 0.3) is 0 Å². The van der Waals surface area contributed by atoms with E-state index in [1.165, 1.54) is 6.07 Å². The van der Waals surface area contributed by atoms with Gasteiger partial charge in [0, 0.05) is 5.75 Å². The van der Waals surface area contributed by atoms with E-state index >= 15 is 0 Å². The van der Waals surface area contributed by atoms with Gasteiger partial charge in [-0.3, -0.25) is 4.79 Å². The zero-order valence-corrected chi connectivity index (χ0v) is 9.49. The summed E-state index contributed by atoms with van der Waals surface area (Å²) in [6, 6.07) is 2.03. The Labute approximate surface area is 96.9 Å². The van der Waals surface area contributed by atoms with Gasteiger partial charge in [0.05, 0.1) is 4.90 Å². The van der Waals surface area contributed by atoms with Crippen LogP contribution in [0.15, 0.2) is 17.0 Å². The first kappa shape index (κ1) is 12.7. The SMILES string of the molecule is Cc1ccc(O)c(O)c1SC[C@H](N)C(=O)O. The molecule has 0 unspecified atom stereocenters. The highest BCUT2D eigenvalue weighted by Crippen LogP contribution is 2.38. The van der Waals surface area contributed by atoms with E-state index in [0.29, 0.717) is 4.90 Å². The number of thioether (sulfide) groups is 1. The summed E-state index contributed by atoms with van der Waals surface area (Å²) in [4.78, 5) is 11.0. The number of carboxylic acid groups (broad SMARTS) is 1. The Morgan fingerprint density at radius 1 is 1.50 bits per heavy atom. The third kappa shape index (κ3) is 2.80. The number of hydrogen-bond donors (Lipinski definition) is 4. The summed E-state index contributed by atoms with van der Waals surface area (Å²) in [6.07, 6.45) is 0. The number of carboxylic acids is 1. The molecule has 0 heterocycles. The Morgan fingerprint density at radius 2 is 2.12 bits per heavy atom. The van der Waals surface area contributed by atoms with Crippen molar-refractivity contribution in [2.45, 2.75) is 17.9 Å². The number of phenols is 2. The van der Waals surface area contributed by atoms with Gasteiger partial charge in [-0.15, -0.1) is 11.8 Å². The molecular weight excluding hydrogens is 230 g/mol. The molecule has 0 aromatic heterocycles. The number of hydrogen-bond acceptors (Lipinski definition) is 5. The van der Waals surface area contributed by atoms with Crippen LogP contribution in [0.25, 0.3) is 0 Å². The van der Waals surface area contributed by atoms with Crippen molar-refractivity contribution in [2.24, 2.45) is 5.73 Å². The van der Waals surface area contributed by atoms with Crippen LogP contribution in [0, 0.1) is 6.92 Å². The average Bonchev–Trinajstić information content (AvgIpc) is 2.23. The molecule has 0 fully saturated rings. The van der Waals surface area contributed by atoms with Crippen molar-refractivity contribution in [3.63, 3.8) is 0 Å². The zero-order chi connectivity index (χ0) is 12.3. The summed E-state index contributed by atoms with van der Waals surface area (Å²) in [5.74, 6) is -1.42. The number of aliphatic carboxylic acids is 1. The maximum absolute atomic E-state index is 10.5. The van der Waals surface area contributed by atoms with Crippen LogP contribution in [0.5, 0.6) is 11.5 Å². The molecule has 0 amide bonds. The minimum atomic E-state index is -1.09. The van der Waals surface area contributed by atoms with E-state index in [9.17, 15) is 15.0 Å². The van der Waals surface area contributed by atoms with Gasteiger partial charge in [0.15, 0.2) is 11.5 Å². The second kappa shape index (κ2) is 5.09. The summed E-state index contributed by atoms with van der Waals surface area (Å²) in [7, 11) is 0. The lowest BCUT2D eigenvalue weighted by molar-refractivity contribution is -0.137. The Morgan fingerprint density at radius 3 is 2.69 bits per heavy atom. The van der Waals surface area contributed by atoms with Gasteiger partial charge in [-0.25, -0.2) is 0 Å². The van der Waals surface area contributed by atoms with Crippen LogP contribution >= 0.6 is 11.8 Å². The molecule has 0 aliphatic carbocycles. The van der Waals surface area contributed by atoms with E-state index in [1.54, 1.807) is 13.0 Å². The molecule has 1 atom stereocenters. The Hall–Kier alpha value is -1.40. The summed E-state index contributed by atoms with van der Waals surface area (Å²) < 4.78 is 0. The minimum absolute atomic E-state index is 0.132. The Balaban J connectivity index is 2.81. The van der Waals surface area contributed by atoms with Crippen molar-refractivity contribution in [3.8, 4) is 11.5 Å². The van der Waals surface area contributed by atoms with Gasteiger partial charge in [-0.1, -0.05) is 6.07 Å². The number of phenolic OH excluding ortho intramolecular Hbond substituents is 2. The third-order valence-corrected chi connectivity index (χ3v) is 3.36. The fourth-order valence-corrected chi connectivity index (χ4v) is 2.11. The highest BCUT2D eigenvalue weighted by molar-refractivity contribution is 7.99. The van der Waals surface area contributed by atoms with Crippen LogP contribution in [-0.2, 0) is 4.79 Å². The lowest BCUT2D eigenvalue weighted by atomic mass is 10.2. The largest absolute Gasteiger partial charge is 0.504 e. The fraction of sp³-hybridized carbons (Fsp3) is 0.300. The van der Waals surface area contributed by atoms with Crippen molar-refractivity contribution < 1.29 is 20.1 Å². The summed E-state index contributed by atoms with van der Waals surface area (Å²) in [6.45, 7) is 1.76. The summed E-state index contributed by atoms with van der Waals surface area (Å²) >= 11 is 1.11. The summed E-state index contributed by atoms with van der Waals surface area (Å²) in [5, 5.41) is 27.5. The second-order valence-corrected chi connectivity index (χ2v) is 4.37. The zero-order valence-electron chi connectivity index (χ0n) is 8.67. The Bertz CT molecular complexity index is 408. The number of rotatable bonds is 4. The van der Waals surface area contributed by atoms with E-state index in [0.717, 1.165) is 17.3 Å². The van der Waals surface area contributed by atoms with Crippen LogP contribution in [0.3, 0.4) is 0 Å². The number of nitrogens with two attached hydrogens (primary N) is 1. The molecule has 5 N–H and O–H groups in total. The first-order chi connectivity index (χ1) is 7.43. The van der Waals surface area contributed by atoms with Crippen LogP contribution in [0.1, 0.15) is 5.56 Å². The van der Waals surface area contributed by atoms with E-state index < -0.39 is 12.0 Å². The standard InChI is InChI=1S/C10H13NO4S/c1-5-2-3-7(12)8(13)9(5)16-4-6(11)10(14)15/h2-3,6,12-13H,4,11H2,1H3,(H,14,15)/t6-/m0/s1. The van der Waals surface area contributed by atoms with Crippen molar-refractivity contribution in [3.05, 3.63) is 17.7 Å². The first-order valence-corrected chi connectivity index (χ1v) is 5.54. The number of aromatic hydroxyl groups is 2. The van der Waals surface area contributed by atoms with Gasteiger partial charge >= 0.3 is 5.97 Å². The molecule has 0 bridgehead atoms. The predicted molar refractivity (Wildman–Crippen MR) is 60.8 cm³/mol. The quantitative estimate of drug-likeness (QED) is 0.463. The highest BCUT2D eigenvalue weighted by Gasteiger charge is 2.15. The average molecular weight is 243 g/mol. The van der Waals surface area contributed by atoms with Gasteiger partial charge in [-0.05, 0) is 18.6 Å². The molecule has 0 saturated heterocycles. The van der Waals surface area contributed by atoms with Crippen LogP contribution < -0.4 is 5.73 Å². The van der Waals surface area contributed by atoms with Crippen molar-refractivity contribution >= 4 is 17.7 Å². The van der Waals surface area contributed by atoms with Crippen molar-refractivity contribution in [2.75, 3.05) is 5.75 Å². The van der Waals surface area contributed by atoms with Crippen molar-refractivity contribution in [1.29, 1.82) is 0 Å². The van der Waals surface area contributed by atoms with E-state index in [1.807, 2.05) is 0 Å². The molecular formula is C10H13NO4S. The normalized spacial score (nSPS) is 12.4. The van der Waals surface area contributed by atoms with E-state index in [2.05, 4.69) is 0 Å². The maximum Gasteiger partial charge on any atom is 0.321 e. The maximum atomic E-state index is 10.5. The van der Waals surface area contributed by atoms with Crippen LogP contribution in [0.2, 0.25) is 0 Å². The van der Waals surface area contributed by atoms with E-state index in [4.69, 9.17) is 10.8 Å². The van der Waals surface area contributed by atoms with Crippen LogP contribution in [-0.4, -0.2) is 33.1 Å². The molecule has 1 rings (SSSR count). The molecule has 16 heavy (non-hydrogen) atoms.